The molecule has 1 aromatic carbocycles. The first kappa shape index (κ1) is 12.3. The number of amidine groups is 1. The second-order valence-electron chi connectivity index (χ2n) is 3.83. The number of hydrogen-bond acceptors (Lipinski definition) is 5. The highest BCUT2D eigenvalue weighted by molar-refractivity contribution is 5.98. The molecule has 7 heteroatoms. The number of rotatable bonds is 2. The summed E-state index contributed by atoms with van der Waals surface area (Å²) >= 11 is 0. The Labute approximate surface area is 103 Å². The molecule has 1 fully saturated rings. The largest absolute Gasteiger partial charge is 0.409 e. The van der Waals surface area contributed by atoms with Gasteiger partial charge in [-0.2, -0.15) is 0 Å². The summed E-state index contributed by atoms with van der Waals surface area (Å²) in [4.78, 5) is 12.1. The quantitative estimate of drug-likeness (QED) is 0.279. The lowest BCUT2D eigenvalue weighted by Gasteiger charge is -2.28. The molecular weight excluding hydrogens is 238 g/mol. The second kappa shape index (κ2) is 5.46. The van der Waals surface area contributed by atoms with Crippen molar-refractivity contribution < 1.29 is 14.9 Å². The van der Waals surface area contributed by atoms with Crippen molar-refractivity contribution in [2.45, 2.75) is 0 Å². The number of oxime groups is 1. The minimum atomic E-state index is -0.474. The van der Waals surface area contributed by atoms with Crippen LogP contribution in [0.25, 0.3) is 0 Å². The molecule has 1 aromatic rings. The number of nitrogens with zero attached hydrogens (tertiary/aromatic N) is 3. The molecule has 0 aromatic heterocycles. The van der Waals surface area contributed by atoms with Crippen molar-refractivity contribution in [3.05, 3.63) is 39.9 Å². The van der Waals surface area contributed by atoms with E-state index in [4.69, 9.17) is 9.94 Å². The van der Waals surface area contributed by atoms with Crippen LogP contribution in [0.5, 0.6) is 0 Å². The SMILES string of the molecule is O=[N+]([O-])c1cccc(C(=NO)N2CCOCC2)c1. The predicted octanol–water partition coefficient (Wildman–Crippen LogP) is 1.06. The van der Waals surface area contributed by atoms with Crippen LogP contribution in [0.4, 0.5) is 5.69 Å². The molecule has 2 rings (SSSR count). The Morgan fingerprint density at radius 3 is 2.78 bits per heavy atom. The van der Waals surface area contributed by atoms with E-state index < -0.39 is 4.92 Å². The number of hydrogen-bond donors (Lipinski definition) is 1. The first-order chi connectivity index (χ1) is 8.72. The molecule has 18 heavy (non-hydrogen) atoms. The minimum Gasteiger partial charge on any atom is -0.409 e. The Hall–Kier alpha value is -2.15. The van der Waals surface area contributed by atoms with Gasteiger partial charge in [0.2, 0.25) is 0 Å². The number of morpholine rings is 1. The van der Waals surface area contributed by atoms with Crippen LogP contribution in [0.2, 0.25) is 0 Å². The van der Waals surface area contributed by atoms with Gasteiger partial charge in [-0.15, -0.1) is 0 Å². The van der Waals surface area contributed by atoms with Crippen LogP contribution in [0.15, 0.2) is 29.4 Å². The predicted molar refractivity (Wildman–Crippen MR) is 63.8 cm³/mol. The van der Waals surface area contributed by atoms with Crippen molar-refractivity contribution in [2.75, 3.05) is 26.3 Å². The van der Waals surface area contributed by atoms with Crippen LogP contribution in [-0.2, 0) is 4.74 Å². The summed E-state index contributed by atoms with van der Waals surface area (Å²) in [6.07, 6.45) is 0. The van der Waals surface area contributed by atoms with Gasteiger partial charge in [-0.1, -0.05) is 17.3 Å². The van der Waals surface area contributed by atoms with Crippen LogP contribution < -0.4 is 0 Å². The Kier molecular flexibility index (Phi) is 3.73. The van der Waals surface area contributed by atoms with Gasteiger partial charge in [0.05, 0.1) is 18.1 Å². The molecule has 1 aliphatic rings. The maximum atomic E-state index is 10.7. The van der Waals surface area contributed by atoms with Crippen LogP contribution in [-0.4, -0.2) is 47.2 Å². The molecular formula is C11H13N3O4. The maximum absolute atomic E-state index is 10.7. The molecule has 0 aliphatic carbocycles. The molecule has 0 amide bonds. The minimum absolute atomic E-state index is 0.0260. The molecule has 96 valence electrons. The lowest BCUT2D eigenvalue weighted by Crippen LogP contribution is -2.41. The topological polar surface area (TPSA) is 88.2 Å². The summed E-state index contributed by atoms with van der Waals surface area (Å²) in [6, 6.07) is 6.04. The van der Waals surface area contributed by atoms with Gasteiger partial charge in [0, 0.05) is 30.8 Å². The lowest BCUT2D eigenvalue weighted by atomic mass is 10.1. The van der Waals surface area contributed by atoms with Gasteiger partial charge in [0.15, 0.2) is 5.84 Å². The van der Waals surface area contributed by atoms with Gasteiger partial charge in [-0.3, -0.25) is 10.1 Å². The number of nitro groups is 1. The summed E-state index contributed by atoms with van der Waals surface area (Å²) in [7, 11) is 0. The molecule has 1 aliphatic heterocycles. The van der Waals surface area contributed by atoms with Gasteiger partial charge < -0.3 is 14.8 Å². The summed E-state index contributed by atoms with van der Waals surface area (Å²) < 4.78 is 5.21. The third-order valence-electron chi connectivity index (χ3n) is 2.72. The monoisotopic (exact) mass is 251 g/mol. The number of nitro benzene ring substituents is 1. The second-order valence-corrected chi connectivity index (χ2v) is 3.83. The van der Waals surface area contributed by atoms with Crippen molar-refractivity contribution in [2.24, 2.45) is 5.16 Å². The van der Waals surface area contributed by atoms with Crippen LogP contribution in [0.1, 0.15) is 5.56 Å². The van der Waals surface area contributed by atoms with E-state index in [1.54, 1.807) is 12.1 Å². The molecule has 0 spiro atoms. The van der Waals surface area contributed by atoms with Gasteiger partial charge in [0.1, 0.15) is 0 Å². The zero-order chi connectivity index (χ0) is 13.0. The summed E-state index contributed by atoms with van der Waals surface area (Å²) in [5.41, 5.74) is 0.496. The summed E-state index contributed by atoms with van der Waals surface area (Å²) in [5, 5.41) is 23.1. The molecule has 1 saturated heterocycles. The van der Waals surface area contributed by atoms with E-state index >= 15 is 0 Å². The normalized spacial score (nSPS) is 16.7. The number of non-ortho nitro benzene ring substituents is 1. The van der Waals surface area contributed by atoms with Crippen LogP contribution >= 0.6 is 0 Å². The van der Waals surface area contributed by atoms with E-state index in [2.05, 4.69) is 5.16 Å². The Morgan fingerprint density at radius 2 is 2.17 bits per heavy atom. The summed E-state index contributed by atoms with van der Waals surface area (Å²) in [6.45, 7) is 2.30. The van der Waals surface area contributed by atoms with E-state index in [1.165, 1.54) is 12.1 Å². The van der Waals surface area contributed by atoms with Gasteiger partial charge in [0.25, 0.3) is 5.69 Å². The molecule has 7 nitrogen and oxygen atoms in total. The fourth-order valence-corrected chi connectivity index (χ4v) is 1.84. The molecule has 0 radical (unpaired) electrons. The van der Waals surface area contributed by atoms with E-state index in [0.29, 0.717) is 37.7 Å². The molecule has 1 heterocycles. The average Bonchev–Trinajstić information content (AvgIpc) is 2.41. The number of ether oxygens (including phenoxy) is 1. The van der Waals surface area contributed by atoms with Gasteiger partial charge in [-0.05, 0) is 0 Å². The van der Waals surface area contributed by atoms with Crippen molar-refractivity contribution in [1.82, 2.24) is 4.90 Å². The highest BCUT2D eigenvalue weighted by Gasteiger charge is 2.19. The number of benzene rings is 1. The first-order valence-electron chi connectivity index (χ1n) is 5.52. The van der Waals surface area contributed by atoms with E-state index in [0.717, 1.165) is 0 Å². The molecule has 0 atom stereocenters. The zero-order valence-corrected chi connectivity index (χ0v) is 9.65. The van der Waals surface area contributed by atoms with Crippen molar-refractivity contribution in [1.29, 1.82) is 0 Å². The standard InChI is InChI=1S/C11H13N3O4/c15-12-11(13-4-6-18-7-5-13)9-2-1-3-10(8-9)14(16)17/h1-3,8,15H,4-7H2. The Morgan fingerprint density at radius 1 is 1.44 bits per heavy atom. The molecule has 0 bridgehead atoms. The molecule has 0 saturated carbocycles. The fraction of sp³-hybridized carbons (Fsp3) is 0.364. The van der Waals surface area contributed by atoms with Crippen molar-refractivity contribution >= 4 is 11.5 Å². The van der Waals surface area contributed by atoms with E-state index in [-0.39, 0.29) is 5.69 Å². The van der Waals surface area contributed by atoms with Crippen LogP contribution in [0, 0.1) is 10.1 Å². The van der Waals surface area contributed by atoms with Crippen LogP contribution in [0.3, 0.4) is 0 Å². The third-order valence-corrected chi connectivity index (χ3v) is 2.72. The Bertz CT molecular complexity index is 469. The average molecular weight is 251 g/mol. The lowest BCUT2D eigenvalue weighted by molar-refractivity contribution is -0.384. The summed E-state index contributed by atoms with van der Waals surface area (Å²) in [5.74, 6) is 0.335. The van der Waals surface area contributed by atoms with Crippen molar-refractivity contribution in [3.8, 4) is 0 Å². The smallest absolute Gasteiger partial charge is 0.270 e. The first-order valence-corrected chi connectivity index (χ1v) is 5.52. The Balaban J connectivity index is 2.27. The highest BCUT2D eigenvalue weighted by atomic mass is 16.6. The maximum Gasteiger partial charge on any atom is 0.270 e. The third kappa shape index (κ3) is 2.57. The highest BCUT2D eigenvalue weighted by Crippen LogP contribution is 2.16. The molecule has 1 N–H and O–H groups in total. The van der Waals surface area contributed by atoms with Crippen molar-refractivity contribution in [3.63, 3.8) is 0 Å². The fourth-order valence-electron chi connectivity index (χ4n) is 1.84. The van der Waals surface area contributed by atoms with Gasteiger partial charge in [-0.25, -0.2) is 0 Å². The van der Waals surface area contributed by atoms with E-state index in [1.807, 2.05) is 4.90 Å². The molecule has 0 unspecified atom stereocenters. The zero-order valence-electron chi connectivity index (χ0n) is 9.65. The van der Waals surface area contributed by atoms with E-state index in [9.17, 15) is 10.1 Å². The van der Waals surface area contributed by atoms with Gasteiger partial charge >= 0.3 is 0 Å².